The van der Waals surface area contributed by atoms with E-state index in [2.05, 4.69) is 25.3 Å². The van der Waals surface area contributed by atoms with Gasteiger partial charge in [0.2, 0.25) is 5.92 Å². The van der Waals surface area contributed by atoms with Gasteiger partial charge in [-0.15, -0.1) is 0 Å². The third-order valence-electron chi connectivity index (χ3n) is 6.46. The molecule has 5 rings (SSSR count). The van der Waals surface area contributed by atoms with Gasteiger partial charge in [-0.05, 0) is 31.0 Å². The van der Waals surface area contributed by atoms with Crippen LogP contribution in [-0.2, 0) is 0 Å². The number of hydrogen-bond acceptors (Lipinski definition) is 6. The molecular weight excluding hydrogens is 459 g/mol. The van der Waals surface area contributed by atoms with Crippen molar-refractivity contribution in [2.75, 3.05) is 5.32 Å². The van der Waals surface area contributed by atoms with Gasteiger partial charge in [-0.2, -0.15) is 0 Å². The lowest BCUT2D eigenvalue weighted by atomic mass is 9.83. The fraction of sp³-hybridized carbons (Fsp3) is 0.400. The van der Waals surface area contributed by atoms with Gasteiger partial charge in [0, 0.05) is 62.0 Å². The molecule has 35 heavy (non-hydrogen) atoms. The zero-order chi connectivity index (χ0) is 24.4. The van der Waals surface area contributed by atoms with E-state index in [9.17, 15) is 18.0 Å². The lowest BCUT2D eigenvalue weighted by Crippen LogP contribution is -2.35. The second kappa shape index (κ2) is 9.59. The van der Waals surface area contributed by atoms with E-state index < -0.39 is 18.0 Å². The Kier molecular flexibility index (Phi) is 6.36. The first kappa shape index (κ1) is 23.2. The van der Waals surface area contributed by atoms with E-state index in [0.717, 1.165) is 0 Å². The highest BCUT2D eigenvalue weighted by atomic mass is 19.3. The number of anilines is 1. The van der Waals surface area contributed by atoms with E-state index in [4.69, 9.17) is 4.74 Å². The first-order valence-corrected chi connectivity index (χ1v) is 11.6. The summed E-state index contributed by atoms with van der Waals surface area (Å²) in [6.07, 6.45) is 5.50. The number of nitrogens with zero attached hydrogens (tertiary/aromatic N) is 4. The molecule has 0 radical (unpaired) electrons. The van der Waals surface area contributed by atoms with E-state index in [1.165, 1.54) is 12.4 Å². The van der Waals surface area contributed by atoms with Crippen LogP contribution in [-0.4, -0.2) is 44.0 Å². The molecule has 0 atom stereocenters. The van der Waals surface area contributed by atoms with Crippen molar-refractivity contribution < 1.29 is 22.7 Å². The van der Waals surface area contributed by atoms with Crippen LogP contribution >= 0.6 is 0 Å². The van der Waals surface area contributed by atoms with Crippen LogP contribution in [0.25, 0.3) is 11.3 Å². The van der Waals surface area contributed by atoms with E-state index in [1.807, 2.05) is 12.1 Å². The molecule has 0 aromatic carbocycles. The summed E-state index contributed by atoms with van der Waals surface area (Å²) in [6.45, 7) is 0. The fourth-order valence-electron chi connectivity index (χ4n) is 4.39. The maximum absolute atomic E-state index is 13.8. The Labute approximate surface area is 200 Å². The number of halogens is 3. The number of ether oxygens (including phenoxy) is 1. The molecular formula is C25H24F3N5O2. The van der Waals surface area contributed by atoms with Gasteiger partial charge in [0.15, 0.2) is 0 Å². The molecule has 1 N–H and O–H groups in total. The third-order valence-corrected chi connectivity index (χ3v) is 6.46. The van der Waals surface area contributed by atoms with Crippen molar-refractivity contribution in [3.05, 3.63) is 60.3 Å². The molecule has 3 aromatic rings. The van der Waals surface area contributed by atoms with Crippen LogP contribution in [0.15, 0.2) is 49.1 Å². The standard InChI is InChI=1S/C25H24F3N5O2/c26-17-11-18(12-17)35-24-31-13-16(14-32-24)23(34)33-22-19(20-3-1-2-9-29-20)6-10-30-21(22)15-4-7-25(27,28)8-5-15/h1-3,6,9-10,13-15,17-18H,4-5,7-8,11-12H2,(H,33,34). The molecule has 1 amide bonds. The zero-order valence-electron chi connectivity index (χ0n) is 18.8. The van der Waals surface area contributed by atoms with Crippen LogP contribution in [0.2, 0.25) is 0 Å². The Balaban J connectivity index is 1.40. The topological polar surface area (TPSA) is 89.9 Å². The summed E-state index contributed by atoms with van der Waals surface area (Å²) in [5, 5.41) is 2.90. The number of carbonyl (C=O) groups excluding carboxylic acids is 1. The minimum atomic E-state index is -2.68. The number of aromatic nitrogens is 4. The summed E-state index contributed by atoms with van der Waals surface area (Å²) >= 11 is 0. The predicted molar refractivity (Wildman–Crippen MR) is 122 cm³/mol. The van der Waals surface area contributed by atoms with Gasteiger partial charge in [-0.1, -0.05) is 6.07 Å². The molecule has 2 aliphatic carbocycles. The summed E-state index contributed by atoms with van der Waals surface area (Å²) < 4.78 is 46.0. The van der Waals surface area contributed by atoms with Gasteiger partial charge >= 0.3 is 6.01 Å². The average Bonchev–Trinajstić information content (AvgIpc) is 2.84. The number of rotatable bonds is 6. The number of carbonyl (C=O) groups is 1. The van der Waals surface area contributed by atoms with Crippen LogP contribution < -0.4 is 10.1 Å². The van der Waals surface area contributed by atoms with Crippen LogP contribution in [0, 0.1) is 0 Å². The minimum absolute atomic E-state index is 0.0813. The maximum Gasteiger partial charge on any atom is 0.316 e. The Morgan fingerprint density at radius 3 is 2.40 bits per heavy atom. The molecule has 2 aliphatic rings. The van der Waals surface area contributed by atoms with Gasteiger partial charge in [0.25, 0.3) is 5.91 Å². The Morgan fingerprint density at radius 1 is 1.00 bits per heavy atom. The van der Waals surface area contributed by atoms with Gasteiger partial charge in [0.1, 0.15) is 12.3 Å². The van der Waals surface area contributed by atoms with Crippen molar-refractivity contribution in [2.45, 2.75) is 62.6 Å². The number of amides is 1. The van der Waals surface area contributed by atoms with Crippen LogP contribution in [0.4, 0.5) is 18.9 Å². The molecule has 0 bridgehead atoms. The van der Waals surface area contributed by atoms with E-state index in [1.54, 1.807) is 24.5 Å². The van der Waals surface area contributed by atoms with E-state index >= 15 is 0 Å². The third kappa shape index (κ3) is 5.26. The van der Waals surface area contributed by atoms with Crippen molar-refractivity contribution in [1.29, 1.82) is 0 Å². The predicted octanol–water partition coefficient (Wildman–Crippen LogP) is 5.36. The molecule has 10 heteroatoms. The summed E-state index contributed by atoms with van der Waals surface area (Å²) in [6, 6.07) is 7.24. The van der Waals surface area contributed by atoms with Gasteiger partial charge in [-0.25, -0.2) is 23.1 Å². The number of hydrogen-bond donors (Lipinski definition) is 1. The highest BCUT2D eigenvalue weighted by Crippen LogP contribution is 2.44. The Morgan fingerprint density at radius 2 is 1.74 bits per heavy atom. The normalized spacial score (nSPS) is 21.7. The number of alkyl halides is 3. The zero-order valence-corrected chi connectivity index (χ0v) is 18.8. The van der Waals surface area contributed by atoms with Gasteiger partial charge in [0.05, 0.1) is 22.6 Å². The Bertz CT molecular complexity index is 1180. The quantitative estimate of drug-likeness (QED) is 0.508. The molecule has 0 spiro atoms. The van der Waals surface area contributed by atoms with Crippen molar-refractivity contribution in [2.24, 2.45) is 0 Å². The summed E-state index contributed by atoms with van der Waals surface area (Å²) in [4.78, 5) is 30.1. The van der Waals surface area contributed by atoms with Crippen LogP contribution in [0.1, 0.15) is 60.5 Å². The highest BCUT2D eigenvalue weighted by Gasteiger charge is 2.37. The van der Waals surface area contributed by atoms with Crippen LogP contribution in [0.3, 0.4) is 0 Å². The van der Waals surface area contributed by atoms with Crippen molar-refractivity contribution in [3.8, 4) is 17.3 Å². The highest BCUT2D eigenvalue weighted by molar-refractivity contribution is 6.06. The lowest BCUT2D eigenvalue weighted by molar-refractivity contribution is -0.0384. The number of nitrogens with one attached hydrogen (secondary N) is 1. The van der Waals surface area contributed by atoms with E-state index in [-0.39, 0.29) is 49.3 Å². The second-order valence-electron chi connectivity index (χ2n) is 8.98. The second-order valence-corrected chi connectivity index (χ2v) is 8.98. The molecule has 3 heterocycles. The largest absolute Gasteiger partial charge is 0.460 e. The molecule has 0 unspecified atom stereocenters. The minimum Gasteiger partial charge on any atom is -0.460 e. The Hall–Kier alpha value is -3.56. The smallest absolute Gasteiger partial charge is 0.316 e. The molecule has 182 valence electrons. The van der Waals surface area contributed by atoms with E-state index in [0.29, 0.717) is 35.5 Å². The van der Waals surface area contributed by atoms with Crippen LogP contribution in [0.5, 0.6) is 6.01 Å². The van der Waals surface area contributed by atoms with Gasteiger partial charge < -0.3 is 10.1 Å². The summed E-state index contributed by atoms with van der Waals surface area (Å²) in [5.41, 5.74) is 2.46. The van der Waals surface area contributed by atoms with Crippen molar-refractivity contribution in [1.82, 2.24) is 19.9 Å². The molecule has 0 saturated heterocycles. The number of pyridine rings is 2. The first-order valence-electron chi connectivity index (χ1n) is 11.6. The van der Waals surface area contributed by atoms with Crippen molar-refractivity contribution >= 4 is 11.6 Å². The molecule has 0 aliphatic heterocycles. The summed E-state index contributed by atoms with van der Waals surface area (Å²) in [5.74, 6) is -3.37. The first-order chi connectivity index (χ1) is 16.9. The van der Waals surface area contributed by atoms with Crippen molar-refractivity contribution in [3.63, 3.8) is 0 Å². The fourth-order valence-corrected chi connectivity index (χ4v) is 4.39. The monoisotopic (exact) mass is 483 g/mol. The molecule has 2 fully saturated rings. The molecule has 3 aromatic heterocycles. The van der Waals surface area contributed by atoms with Gasteiger partial charge in [-0.3, -0.25) is 14.8 Å². The SMILES string of the molecule is O=C(Nc1c(-c2ccccn2)ccnc1C1CCC(F)(F)CC1)c1cnc(OC2CC(F)C2)nc1. The molecule has 2 saturated carbocycles. The molecule has 7 nitrogen and oxygen atoms in total. The maximum atomic E-state index is 13.8. The lowest BCUT2D eigenvalue weighted by Gasteiger charge is -2.29. The summed E-state index contributed by atoms with van der Waals surface area (Å²) in [7, 11) is 0. The average molecular weight is 483 g/mol.